The molecule has 0 saturated carbocycles. The zero-order valence-electron chi connectivity index (χ0n) is 11.4. The van der Waals surface area contributed by atoms with Gasteiger partial charge in [0.05, 0.1) is 5.56 Å². The molecule has 3 aromatic rings. The van der Waals surface area contributed by atoms with Gasteiger partial charge in [0.15, 0.2) is 5.43 Å². The Kier molecular flexibility index (Phi) is 3.28. The van der Waals surface area contributed by atoms with Gasteiger partial charge in [-0.05, 0) is 12.1 Å². The number of halogens is 3. The molecule has 1 aromatic heterocycles. The summed E-state index contributed by atoms with van der Waals surface area (Å²) < 4.78 is 43.7. The first-order chi connectivity index (χ1) is 10.8. The minimum absolute atomic E-state index is 0.0571. The molecule has 118 valence electrons. The fraction of sp³-hybridized carbons (Fsp3) is 0.0625. The number of phenols is 2. The number of hydrogen-bond donors (Lipinski definition) is 2. The van der Waals surface area contributed by atoms with Gasteiger partial charge >= 0.3 is 6.18 Å². The van der Waals surface area contributed by atoms with Crippen LogP contribution < -0.4 is 5.43 Å². The number of benzene rings is 2. The van der Waals surface area contributed by atoms with Crippen LogP contribution in [0, 0.1) is 0 Å². The van der Waals surface area contributed by atoms with Crippen molar-refractivity contribution in [1.29, 1.82) is 0 Å². The van der Waals surface area contributed by atoms with Crippen LogP contribution in [-0.2, 0) is 6.18 Å². The fourth-order valence-corrected chi connectivity index (χ4v) is 2.24. The molecule has 0 aliphatic rings. The number of alkyl halides is 3. The number of phenolic OH excluding ortho intramolecular Hbond substituents is 2. The van der Waals surface area contributed by atoms with Crippen molar-refractivity contribution in [3.8, 4) is 22.8 Å². The van der Waals surface area contributed by atoms with Crippen molar-refractivity contribution in [2.45, 2.75) is 6.18 Å². The summed E-state index contributed by atoms with van der Waals surface area (Å²) in [5.74, 6) is -0.901. The van der Waals surface area contributed by atoms with E-state index in [-0.39, 0.29) is 28.0 Å². The average molecular weight is 322 g/mol. The predicted octanol–water partition coefficient (Wildman–Crippen LogP) is 3.89. The van der Waals surface area contributed by atoms with Gasteiger partial charge in [0, 0.05) is 23.8 Å². The molecule has 3 rings (SSSR count). The van der Waals surface area contributed by atoms with Gasteiger partial charge in [0.25, 0.3) is 0 Å². The summed E-state index contributed by atoms with van der Waals surface area (Å²) >= 11 is 0. The highest BCUT2D eigenvalue weighted by Gasteiger charge is 2.30. The minimum Gasteiger partial charge on any atom is -0.508 e. The van der Waals surface area contributed by atoms with Crippen molar-refractivity contribution in [2.75, 3.05) is 0 Å². The van der Waals surface area contributed by atoms with Crippen molar-refractivity contribution < 1.29 is 27.8 Å². The summed E-state index contributed by atoms with van der Waals surface area (Å²) in [5, 5.41) is 19.0. The van der Waals surface area contributed by atoms with Crippen LogP contribution in [0.4, 0.5) is 13.2 Å². The standard InChI is InChI=1S/C16H9F3O4/c17-16(18,19)9-3-1-2-8(4-9)13-7-12(22)15-11(21)5-10(20)6-14(15)23-13/h1-7,20-21H. The minimum atomic E-state index is -4.52. The van der Waals surface area contributed by atoms with Crippen molar-refractivity contribution in [3.63, 3.8) is 0 Å². The van der Waals surface area contributed by atoms with Crippen LogP contribution in [0.5, 0.6) is 11.5 Å². The van der Waals surface area contributed by atoms with E-state index >= 15 is 0 Å². The molecule has 0 spiro atoms. The lowest BCUT2D eigenvalue weighted by atomic mass is 10.1. The number of aromatic hydroxyl groups is 2. The highest BCUT2D eigenvalue weighted by Crippen LogP contribution is 2.34. The lowest BCUT2D eigenvalue weighted by molar-refractivity contribution is -0.137. The molecule has 0 saturated heterocycles. The summed E-state index contributed by atoms with van der Waals surface area (Å²) in [4.78, 5) is 12.1. The molecule has 2 aromatic carbocycles. The molecule has 0 radical (unpaired) electrons. The highest BCUT2D eigenvalue weighted by molar-refractivity contribution is 5.86. The molecule has 4 nitrogen and oxygen atoms in total. The topological polar surface area (TPSA) is 70.7 Å². The van der Waals surface area contributed by atoms with Crippen molar-refractivity contribution in [1.82, 2.24) is 0 Å². The second-order valence-corrected chi connectivity index (χ2v) is 4.89. The summed E-state index contributed by atoms with van der Waals surface area (Å²) in [6.07, 6.45) is -4.52. The molecule has 0 amide bonds. The summed E-state index contributed by atoms with van der Waals surface area (Å²) in [6.45, 7) is 0. The van der Waals surface area contributed by atoms with E-state index in [4.69, 9.17) is 4.42 Å². The largest absolute Gasteiger partial charge is 0.508 e. The smallest absolute Gasteiger partial charge is 0.416 e. The molecule has 0 unspecified atom stereocenters. The Labute approximate surface area is 127 Å². The van der Waals surface area contributed by atoms with Crippen molar-refractivity contribution >= 4 is 11.0 Å². The Morgan fingerprint density at radius 2 is 1.74 bits per heavy atom. The lowest BCUT2D eigenvalue weighted by Gasteiger charge is -2.09. The molecule has 0 bridgehead atoms. The Morgan fingerprint density at radius 1 is 1.00 bits per heavy atom. The normalized spacial score (nSPS) is 11.8. The zero-order valence-corrected chi connectivity index (χ0v) is 11.4. The molecule has 0 aliphatic carbocycles. The maximum Gasteiger partial charge on any atom is 0.416 e. The molecule has 7 heteroatoms. The molecular formula is C16H9F3O4. The second kappa shape index (κ2) is 5.05. The van der Waals surface area contributed by atoms with Gasteiger partial charge in [-0.3, -0.25) is 4.79 Å². The third-order valence-corrected chi connectivity index (χ3v) is 3.27. The first-order valence-corrected chi connectivity index (χ1v) is 6.43. The third kappa shape index (κ3) is 2.73. The van der Waals surface area contributed by atoms with E-state index in [1.807, 2.05) is 0 Å². The van der Waals surface area contributed by atoms with Crippen LogP contribution in [0.3, 0.4) is 0 Å². The van der Waals surface area contributed by atoms with Crippen LogP contribution in [0.1, 0.15) is 5.56 Å². The van der Waals surface area contributed by atoms with Gasteiger partial charge in [-0.2, -0.15) is 13.2 Å². The van der Waals surface area contributed by atoms with E-state index < -0.39 is 22.9 Å². The maximum absolute atomic E-state index is 12.8. The Hall–Kier alpha value is -2.96. The van der Waals surface area contributed by atoms with Gasteiger partial charge < -0.3 is 14.6 Å². The van der Waals surface area contributed by atoms with Crippen molar-refractivity contribution in [3.05, 3.63) is 58.3 Å². The van der Waals surface area contributed by atoms with Crippen molar-refractivity contribution in [2.24, 2.45) is 0 Å². The summed E-state index contributed by atoms with van der Waals surface area (Å²) in [5.41, 5.74) is -1.57. The fourth-order valence-electron chi connectivity index (χ4n) is 2.24. The second-order valence-electron chi connectivity index (χ2n) is 4.89. The SMILES string of the molecule is O=c1cc(-c2cccc(C(F)(F)F)c2)oc2cc(O)cc(O)c12. The van der Waals surface area contributed by atoms with Gasteiger partial charge in [-0.15, -0.1) is 0 Å². The lowest BCUT2D eigenvalue weighted by Crippen LogP contribution is -2.05. The van der Waals surface area contributed by atoms with E-state index in [0.29, 0.717) is 0 Å². The van der Waals surface area contributed by atoms with E-state index in [1.165, 1.54) is 12.1 Å². The van der Waals surface area contributed by atoms with Crippen LogP contribution in [0.2, 0.25) is 0 Å². The Balaban J connectivity index is 2.24. The molecular weight excluding hydrogens is 313 g/mol. The zero-order chi connectivity index (χ0) is 16.8. The van der Waals surface area contributed by atoms with E-state index in [0.717, 1.165) is 30.3 Å². The number of hydrogen-bond acceptors (Lipinski definition) is 4. The van der Waals surface area contributed by atoms with Crippen LogP contribution in [0.15, 0.2) is 51.7 Å². The average Bonchev–Trinajstić information content (AvgIpc) is 2.45. The van der Waals surface area contributed by atoms with Gasteiger partial charge in [0.2, 0.25) is 0 Å². The Morgan fingerprint density at radius 3 is 2.43 bits per heavy atom. The summed E-state index contributed by atoms with van der Waals surface area (Å²) in [7, 11) is 0. The number of rotatable bonds is 1. The van der Waals surface area contributed by atoms with Crippen LogP contribution in [-0.4, -0.2) is 10.2 Å². The highest BCUT2D eigenvalue weighted by atomic mass is 19.4. The van der Waals surface area contributed by atoms with E-state index in [1.54, 1.807) is 0 Å². The summed E-state index contributed by atoms with van der Waals surface area (Å²) in [6, 6.07) is 7.39. The number of fused-ring (bicyclic) bond motifs is 1. The predicted molar refractivity (Wildman–Crippen MR) is 76.3 cm³/mol. The first kappa shape index (κ1) is 15.0. The first-order valence-electron chi connectivity index (χ1n) is 6.43. The third-order valence-electron chi connectivity index (χ3n) is 3.27. The quantitative estimate of drug-likeness (QED) is 0.713. The van der Waals surface area contributed by atoms with Crippen LogP contribution in [0.25, 0.3) is 22.3 Å². The van der Waals surface area contributed by atoms with Gasteiger partial charge in [-0.1, -0.05) is 12.1 Å². The molecule has 2 N–H and O–H groups in total. The molecule has 0 fully saturated rings. The molecule has 23 heavy (non-hydrogen) atoms. The monoisotopic (exact) mass is 322 g/mol. The van der Waals surface area contributed by atoms with Crippen LogP contribution >= 0.6 is 0 Å². The Bertz CT molecular complexity index is 958. The van der Waals surface area contributed by atoms with Gasteiger partial charge in [0.1, 0.15) is 28.2 Å². The molecule has 0 aliphatic heterocycles. The molecule has 0 atom stereocenters. The molecule has 1 heterocycles. The maximum atomic E-state index is 12.8. The van der Waals surface area contributed by atoms with Gasteiger partial charge in [-0.25, -0.2) is 0 Å². The van der Waals surface area contributed by atoms with E-state index in [2.05, 4.69) is 0 Å². The van der Waals surface area contributed by atoms with E-state index in [9.17, 15) is 28.2 Å².